The van der Waals surface area contributed by atoms with Crippen LogP contribution in [0.2, 0.25) is 5.15 Å². The van der Waals surface area contributed by atoms with Crippen LogP contribution in [0.25, 0.3) is 5.65 Å². The number of halogens is 1. The van der Waals surface area contributed by atoms with E-state index in [0.717, 1.165) is 0 Å². The van der Waals surface area contributed by atoms with Gasteiger partial charge in [0.05, 0.1) is 0 Å². The number of carbonyl (C=O) groups excluding carboxylic acids is 1. The van der Waals surface area contributed by atoms with Gasteiger partial charge in [-0.1, -0.05) is 17.7 Å². The first-order valence-corrected chi connectivity index (χ1v) is 10.0. The molecule has 0 radical (unpaired) electrons. The van der Waals surface area contributed by atoms with E-state index in [9.17, 15) is 13.2 Å². The van der Waals surface area contributed by atoms with E-state index < -0.39 is 21.7 Å². The first-order chi connectivity index (χ1) is 12.1. The second kappa shape index (κ2) is 6.71. The first-order valence-electron chi connectivity index (χ1n) is 8.20. The highest BCUT2D eigenvalue weighted by molar-refractivity contribution is 7.89. The van der Waals surface area contributed by atoms with Gasteiger partial charge >= 0.3 is 6.09 Å². The van der Waals surface area contributed by atoms with Crippen LogP contribution in [0.15, 0.2) is 29.4 Å². The molecule has 0 saturated carbocycles. The second-order valence-electron chi connectivity index (χ2n) is 7.01. The van der Waals surface area contributed by atoms with Gasteiger partial charge in [-0.3, -0.25) is 4.40 Å². The molecule has 142 valence electrons. The molecule has 0 aliphatic carbocycles. The first kappa shape index (κ1) is 18.9. The van der Waals surface area contributed by atoms with Crippen molar-refractivity contribution in [3.05, 3.63) is 29.5 Å². The van der Waals surface area contributed by atoms with Crippen molar-refractivity contribution >= 4 is 33.4 Å². The van der Waals surface area contributed by atoms with Crippen molar-refractivity contribution in [3.8, 4) is 0 Å². The summed E-state index contributed by atoms with van der Waals surface area (Å²) >= 11 is 6.10. The van der Waals surface area contributed by atoms with Crippen LogP contribution >= 0.6 is 11.6 Å². The lowest BCUT2D eigenvalue weighted by Gasteiger charge is -2.34. The number of carbonyl (C=O) groups is 1. The Balaban J connectivity index is 1.78. The molecule has 3 rings (SSSR count). The van der Waals surface area contributed by atoms with Crippen molar-refractivity contribution in [1.29, 1.82) is 0 Å². The maximum atomic E-state index is 13.0. The molecule has 2 aromatic rings. The van der Waals surface area contributed by atoms with E-state index in [1.54, 1.807) is 45.2 Å². The molecular weight excluding hydrogens is 380 g/mol. The number of pyridine rings is 1. The summed E-state index contributed by atoms with van der Waals surface area (Å²) in [6.45, 7) is 6.20. The molecule has 1 saturated heterocycles. The minimum atomic E-state index is -3.84. The minimum Gasteiger partial charge on any atom is -0.444 e. The number of imidazole rings is 1. The zero-order chi connectivity index (χ0) is 19.1. The normalized spacial score (nSPS) is 16.8. The van der Waals surface area contributed by atoms with Crippen molar-refractivity contribution < 1.29 is 17.9 Å². The number of aromatic nitrogens is 2. The molecule has 0 spiro atoms. The van der Waals surface area contributed by atoms with E-state index in [-0.39, 0.29) is 36.4 Å². The van der Waals surface area contributed by atoms with Crippen LogP contribution in [0.3, 0.4) is 0 Å². The SMILES string of the molecule is CC(C)(C)OC(=O)N1CCN(S(=O)(=O)c2c(Cl)nc3ccccn23)CC1. The highest BCUT2D eigenvalue weighted by Gasteiger charge is 2.35. The third-order valence-electron chi connectivity index (χ3n) is 3.92. The van der Waals surface area contributed by atoms with Crippen LogP contribution in [0.1, 0.15) is 20.8 Å². The molecule has 1 aliphatic rings. The lowest BCUT2D eigenvalue weighted by Crippen LogP contribution is -2.51. The van der Waals surface area contributed by atoms with Crippen molar-refractivity contribution in [2.24, 2.45) is 0 Å². The number of amides is 1. The van der Waals surface area contributed by atoms with Gasteiger partial charge in [-0.25, -0.2) is 18.2 Å². The standard InChI is InChI=1S/C16H21ClN4O4S/c1-16(2,3)25-15(22)19-8-10-20(11-9-19)26(23,24)14-13(17)18-12-6-4-5-7-21(12)14/h4-7H,8-11H2,1-3H3. The summed E-state index contributed by atoms with van der Waals surface area (Å²) < 4.78 is 34.2. The molecule has 8 nitrogen and oxygen atoms in total. The van der Waals surface area contributed by atoms with Crippen LogP contribution in [-0.4, -0.2) is 64.9 Å². The molecule has 1 fully saturated rings. The highest BCUT2D eigenvalue weighted by Crippen LogP contribution is 2.26. The van der Waals surface area contributed by atoms with Gasteiger partial charge in [-0.05, 0) is 32.9 Å². The van der Waals surface area contributed by atoms with Gasteiger partial charge in [0, 0.05) is 32.4 Å². The van der Waals surface area contributed by atoms with Crippen molar-refractivity contribution in [2.45, 2.75) is 31.4 Å². The van der Waals surface area contributed by atoms with E-state index in [1.165, 1.54) is 13.6 Å². The summed E-state index contributed by atoms with van der Waals surface area (Å²) in [5.41, 5.74) is -0.131. The number of rotatable bonds is 2. The third kappa shape index (κ3) is 3.65. The van der Waals surface area contributed by atoms with Gasteiger partial charge in [0.15, 0.2) is 10.2 Å². The number of nitrogens with zero attached hydrogens (tertiary/aromatic N) is 4. The van der Waals surface area contributed by atoms with Gasteiger partial charge in [-0.2, -0.15) is 4.31 Å². The Morgan fingerprint density at radius 3 is 2.46 bits per heavy atom. The fraction of sp³-hybridized carbons (Fsp3) is 0.500. The Hall–Kier alpha value is -1.84. The molecule has 1 aliphatic heterocycles. The van der Waals surface area contributed by atoms with Gasteiger partial charge < -0.3 is 9.64 Å². The average Bonchev–Trinajstić information content (AvgIpc) is 2.89. The molecule has 1 amide bonds. The summed E-state index contributed by atoms with van der Waals surface area (Å²) in [5, 5.41) is -0.119. The lowest BCUT2D eigenvalue weighted by atomic mass is 10.2. The molecular formula is C16H21ClN4O4S. The topological polar surface area (TPSA) is 84.2 Å². The largest absolute Gasteiger partial charge is 0.444 e. The maximum Gasteiger partial charge on any atom is 0.410 e. The zero-order valence-corrected chi connectivity index (χ0v) is 16.4. The summed E-state index contributed by atoms with van der Waals surface area (Å²) in [6, 6.07) is 5.16. The van der Waals surface area contributed by atoms with Gasteiger partial charge in [0.25, 0.3) is 10.0 Å². The molecule has 10 heteroatoms. The fourth-order valence-corrected chi connectivity index (χ4v) is 4.76. The van der Waals surface area contributed by atoms with Gasteiger partial charge in [-0.15, -0.1) is 0 Å². The van der Waals surface area contributed by atoms with E-state index in [1.807, 2.05) is 0 Å². The Morgan fingerprint density at radius 2 is 1.85 bits per heavy atom. The molecule has 26 heavy (non-hydrogen) atoms. The monoisotopic (exact) mass is 400 g/mol. The number of hydrogen-bond acceptors (Lipinski definition) is 5. The van der Waals surface area contributed by atoms with E-state index >= 15 is 0 Å². The summed E-state index contributed by atoms with van der Waals surface area (Å²) in [4.78, 5) is 17.7. The Bertz CT molecular complexity index is 927. The molecule has 0 aromatic carbocycles. The van der Waals surface area contributed by atoms with Crippen molar-refractivity contribution in [1.82, 2.24) is 18.6 Å². The number of hydrogen-bond donors (Lipinski definition) is 0. The highest BCUT2D eigenvalue weighted by atomic mass is 35.5. The van der Waals surface area contributed by atoms with Crippen LogP contribution in [0.4, 0.5) is 4.79 Å². The Kier molecular flexibility index (Phi) is 4.89. The number of fused-ring (bicyclic) bond motifs is 1. The third-order valence-corrected chi connectivity index (χ3v) is 6.22. The Morgan fingerprint density at radius 1 is 1.19 bits per heavy atom. The smallest absolute Gasteiger partial charge is 0.410 e. The van der Waals surface area contributed by atoms with Crippen LogP contribution < -0.4 is 0 Å². The van der Waals surface area contributed by atoms with E-state index in [4.69, 9.17) is 16.3 Å². The molecule has 3 heterocycles. The number of sulfonamides is 1. The fourth-order valence-electron chi connectivity index (χ4n) is 2.74. The lowest BCUT2D eigenvalue weighted by molar-refractivity contribution is 0.0192. The molecule has 0 bridgehead atoms. The van der Waals surface area contributed by atoms with E-state index in [0.29, 0.717) is 5.65 Å². The van der Waals surface area contributed by atoms with E-state index in [2.05, 4.69) is 4.98 Å². The molecule has 0 atom stereocenters. The van der Waals surface area contributed by atoms with Crippen molar-refractivity contribution in [3.63, 3.8) is 0 Å². The summed E-state index contributed by atoms with van der Waals surface area (Å²) in [5.74, 6) is 0. The van der Waals surface area contributed by atoms with Crippen LogP contribution in [0, 0.1) is 0 Å². The predicted octanol–water partition coefficient (Wildman–Crippen LogP) is 2.23. The number of ether oxygens (including phenoxy) is 1. The minimum absolute atomic E-state index is 0.0551. The predicted molar refractivity (Wildman–Crippen MR) is 96.8 cm³/mol. The number of piperazine rings is 1. The second-order valence-corrected chi connectivity index (χ2v) is 9.22. The average molecular weight is 401 g/mol. The summed E-state index contributed by atoms with van der Waals surface area (Å²) in [7, 11) is -3.84. The molecule has 0 unspecified atom stereocenters. The molecule has 2 aromatic heterocycles. The maximum absolute atomic E-state index is 13.0. The van der Waals surface area contributed by atoms with Crippen molar-refractivity contribution in [2.75, 3.05) is 26.2 Å². The molecule has 0 N–H and O–H groups in total. The quantitative estimate of drug-likeness (QED) is 0.771. The van der Waals surface area contributed by atoms with Gasteiger partial charge in [0.2, 0.25) is 0 Å². The van der Waals surface area contributed by atoms with Gasteiger partial charge in [0.1, 0.15) is 11.2 Å². The zero-order valence-electron chi connectivity index (χ0n) is 14.8. The van der Waals surface area contributed by atoms with Crippen LogP contribution in [-0.2, 0) is 14.8 Å². The Labute approximate surface area is 157 Å². The summed E-state index contributed by atoms with van der Waals surface area (Å²) in [6.07, 6.45) is 1.17. The van der Waals surface area contributed by atoms with Crippen LogP contribution in [0.5, 0.6) is 0 Å².